The fourth-order valence-corrected chi connectivity index (χ4v) is 3.08. The van der Waals surface area contributed by atoms with E-state index in [1.165, 1.54) is 24.3 Å². The van der Waals surface area contributed by atoms with Crippen molar-refractivity contribution in [1.82, 2.24) is 19.9 Å². The Morgan fingerprint density at radius 2 is 1.21 bits per heavy atom. The van der Waals surface area contributed by atoms with Crippen LogP contribution in [0.15, 0.2) is 89.6 Å². The number of anilines is 4. The fraction of sp³-hybridized carbons (Fsp3) is 0.120. The molecule has 0 atom stereocenters. The van der Waals surface area contributed by atoms with E-state index in [9.17, 15) is 13.2 Å². The third-order valence-corrected chi connectivity index (χ3v) is 4.94. The molecule has 0 aliphatic carbocycles. The van der Waals surface area contributed by atoms with Crippen LogP contribution in [0, 0.1) is 0 Å². The normalized spacial score (nSPS) is 12.1. The number of hydrogen-bond donors (Lipinski definition) is 3. The molecule has 0 saturated heterocycles. The number of pyridine rings is 2. The van der Waals surface area contributed by atoms with E-state index in [1.54, 1.807) is 30.9 Å². The van der Waals surface area contributed by atoms with Crippen LogP contribution >= 0.6 is 0 Å². The lowest BCUT2D eigenvalue weighted by Crippen LogP contribution is -2.17. The molecule has 38 heavy (non-hydrogen) atoms. The quantitative estimate of drug-likeness (QED) is 0.193. The van der Waals surface area contributed by atoms with Gasteiger partial charge in [-0.05, 0) is 62.4 Å². The second-order valence-electron chi connectivity index (χ2n) is 7.75. The number of hydrogen-bond acceptors (Lipinski definition) is 10. The molecular weight excluding hydrogens is 499 g/mol. The fourth-order valence-electron chi connectivity index (χ4n) is 3.08. The Bertz CT molecular complexity index is 1340. The number of halogens is 3. The van der Waals surface area contributed by atoms with Crippen LogP contribution in [0.1, 0.15) is 25.0 Å². The predicted molar refractivity (Wildman–Crippen MR) is 139 cm³/mol. The number of benzene rings is 1. The summed E-state index contributed by atoms with van der Waals surface area (Å²) in [6, 6.07) is 14.1. The van der Waals surface area contributed by atoms with Crippen LogP contribution in [0.25, 0.3) is 0 Å². The zero-order chi connectivity index (χ0) is 27.0. The summed E-state index contributed by atoms with van der Waals surface area (Å²) >= 11 is 0. The van der Waals surface area contributed by atoms with Gasteiger partial charge in [0.2, 0.25) is 5.95 Å². The molecule has 10 nitrogen and oxygen atoms in total. The SMILES string of the molecule is CC(=NNc1cc(NN=C(C)c2ccncc2)nc(Nc2ccc(OC(F)(F)F)cc2)n1)c1ccncc1. The van der Waals surface area contributed by atoms with Crippen LogP contribution in [0.2, 0.25) is 0 Å². The zero-order valence-electron chi connectivity index (χ0n) is 20.2. The number of ether oxygens (including phenoxy) is 1. The van der Waals surface area contributed by atoms with Gasteiger partial charge in [0.05, 0.1) is 11.4 Å². The summed E-state index contributed by atoms with van der Waals surface area (Å²) in [5.74, 6) is 0.485. The first kappa shape index (κ1) is 26.0. The number of rotatable bonds is 9. The summed E-state index contributed by atoms with van der Waals surface area (Å²) in [7, 11) is 0. The molecular formula is C25H22F3N9O. The molecule has 194 valence electrons. The minimum absolute atomic E-state index is 0.149. The molecule has 3 heterocycles. The molecule has 1 aromatic carbocycles. The number of nitrogens with one attached hydrogen (secondary N) is 3. The molecule has 0 radical (unpaired) electrons. The van der Waals surface area contributed by atoms with Crippen LogP contribution in [-0.4, -0.2) is 37.7 Å². The van der Waals surface area contributed by atoms with E-state index in [2.05, 4.69) is 51.0 Å². The van der Waals surface area contributed by atoms with Crippen molar-refractivity contribution in [2.75, 3.05) is 16.2 Å². The smallest absolute Gasteiger partial charge is 0.406 e. The van der Waals surface area contributed by atoms with Gasteiger partial charge in [0, 0.05) is 47.7 Å². The first-order chi connectivity index (χ1) is 18.2. The van der Waals surface area contributed by atoms with Gasteiger partial charge in [-0.15, -0.1) is 13.2 Å². The van der Waals surface area contributed by atoms with Gasteiger partial charge in [0.25, 0.3) is 0 Å². The second kappa shape index (κ2) is 11.8. The summed E-state index contributed by atoms with van der Waals surface area (Å²) in [4.78, 5) is 16.8. The largest absolute Gasteiger partial charge is 0.573 e. The predicted octanol–water partition coefficient (Wildman–Crippen LogP) is 5.58. The summed E-state index contributed by atoms with van der Waals surface area (Å²) in [6.07, 6.45) is 1.88. The number of alkyl halides is 3. The van der Waals surface area contributed by atoms with Gasteiger partial charge < -0.3 is 10.1 Å². The molecule has 4 aromatic rings. The van der Waals surface area contributed by atoms with Gasteiger partial charge in [0.15, 0.2) is 11.6 Å². The van der Waals surface area contributed by atoms with Gasteiger partial charge in [-0.1, -0.05) is 0 Å². The summed E-state index contributed by atoms with van der Waals surface area (Å²) in [5.41, 5.74) is 9.37. The van der Waals surface area contributed by atoms with Crippen LogP contribution in [0.3, 0.4) is 0 Å². The molecule has 0 saturated carbocycles. The molecule has 0 aliphatic rings. The number of aromatic nitrogens is 4. The van der Waals surface area contributed by atoms with Crippen molar-refractivity contribution in [2.45, 2.75) is 20.2 Å². The average Bonchev–Trinajstić information content (AvgIpc) is 2.91. The number of hydrazone groups is 2. The van der Waals surface area contributed by atoms with E-state index in [4.69, 9.17) is 0 Å². The number of nitrogens with zero attached hydrogens (tertiary/aromatic N) is 6. The highest BCUT2D eigenvalue weighted by atomic mass is 19.4. The highest BCUT2D eigenvalue weighted by Crippen LogP contribution is 2.25. The summed E-state index contributed by atoms with van der Waals surface area (Å²) < 4.78 is 41.3. The van der Waals surface area contributed by atoms with Gasteiger partial charge >= 0.3 is 6.36 Å². The van der Waals surface area contributed by atoms with Gasteiger partial charge in [0.1, 0.15) is 5.75 Å². The average molecular weight is 522 g/mol. The van der Waals surface area contributed by atoms with E-state index in [0.717, 1.165) is 11.1 Å². The van der Waals surface area contributed by atoms with Crippen LogP contribution in [0.5, 0.6) is 5.75 Å². The third-order valence-electron chi connectivity index (χ3n) is 4.94. The van der Waals surface area contributed by atoms with Crippen molar-refractivity contribution >= 4 is 34.7 Å². The third kappa shape index (κ3) is 7.71. The van der Waals surface area contributed by atoms with E-state index < -0.39 is 6.36 Å². The summed E-state index contributed by atoms with van der Waals surface area (Å²) in [6.45, 7) is 3.66. The van der Waals surface area contributed by atoms with Crippen molar-refractivity contribution in [2.24, 2.45) is 10.2 Å². The van der Waals surface area contributed by atoms with E-state index in [0.29, 0.717) is 28.7 Å². The van der Waals surface area contributed by atoms with Crippen molar-refractivity contribution in [3.63, 3.8) is 0 Å². The van der Waals surface area contributed by atoms with Crippen LogP contribution in [-0.2, 0) is 0 Å². The first-order valence-corrected chi connectivity index (χ1v) is 11.2. The van der Waals surface area contributed by atoms with E-state index in [1.807, 2.05) is 38.1 Å². The van der Waals surface area contributed by atoms with Crippen molar-refractivity contribution in [3.05, 3.63) is 90.5 Å². The molecule has 0 bridgehead atoms. The Kier molecular flexibility index (Phi) is 8.06. The van der Waals surface area contributed by atoms with Crippen molar-refractivity contribution < 1.29 is 17.9 Å². The minimum atomic E-state index is -4.78. The first-order valence-electron chi connectivity index (χ1n) is 11.2. The molecule has 0 unspecified atom stereocenters. The molecule has 0 aliphatic heterocycles. The Balaban J connectivity index is 1.57. The minimum Gasteiger partial charge on any atom is -0.406 e. The highest BCUT2D eigenvalue weighted by molar-refractivity contribution is 5.99. The van der Waals surface area contributed by atoms with E-state index >= 15 is 0 Å². The monoisotopic (exact) mass is 521 g/mol. The molecule has 13 heteroatoms. The maximum Gasteiger partial charge on any atom is 0.573 e. The van der Waals surface area contributed by atoms with Crippen LogP contribution < -0.4 is 20.9 Å². The Morgan fingerprint density at radius 1 is 0.737 bits per heavy atom. The summed E-state index contributed by atoms with van der Waals surface area (Å²) in [5, 5.41) is 11.7. The highest BCUT2D eigenvalue weighted by Gasteiger charge is 2.30. The Hall–Kier alpha value is -5.07. The van der Waals surface area contributed by atoms with Crippen molar-refractivity contribution in [1.29, 1.82) is 0 Å². The topological polar surface area (TPSA) is 122 Å². The molecule has 0 amide bonds. The van der Waals surface area contributed by atoms with E-state index in [-0.39, 0.29) is 11.7 Å². The lowest BCUT2D eigenvalue weighted by Gasteiger charge is -2.12. The lowest BCUT2D eigenvalue weighted by molar-refractivity contribution is -0.274. The molecule has 0 spiro atoms. The Morgan fingerprint density at radius 3 is 1.66 bits per heavy atom. The molecule has 3 N–H and O–H groups in total. The van der Waals surface area contributed by atoms with Gasteiger partial charge in [-0.25, -0.2) is 0 Å². The zero-order valence-corrected chi connectivity index (χ0v) is 20.2. The molecule has 4 rings (SSSR count). The standard InChI is InChI=1S/C25H22F3N9O/c1-16(18-7-11-29-12-8-18)34-36-22-15-23(37-35-17(2)19-9-13-30-14-10-19)33-24(32-22)31-20-3-5-21(6-4-20)38-25(26,27)28/h3-15H,1-2H3,(H3,31,32,33,36,37). The second-order valence-corrected chi connectivity index (χ2v) is 7.75. The van der Waals surface area contributed by atoms with Crippen molar-refractivity contribution in [3.8, 4) is 5.75 Å². The Labute approximate surface area is 215 Å². The van der Waals surface area contributed by atoms with Crippen LogP contribution in [0.4, 0.5) is 36.4 Å². The lowest BCUT2D eigenvalue weighted by atomic mass is 10.2. The van der Waals surface area contributed by atoms with Gasteiger partial charge in [-0.3, -0.25) is 20.8 Å². The maximum atomic E-state index is 12.5. The molecule has 3 aromatic heterocycles. The molecule has 0 fully saturated rings. The van der Waals surface area contributed by atoms with Gasteiger partial charge in [-0.2, -0.15) is 20.2 Å². The maximum absolute atomic E-state index is 12.5.